The Morgan fingerprint density at radius 3 is 2.06 bits per heavy atom. The Labute approximate surface area is 101 Å². The molecule has 0 aromatic carbocycles. The van der Waals surface area contributed by atoms with Crippen LogP contribution in [-0.2, 0) is 9.59 Å². The van der Waals surface area contributed by atoms with Crippen LogP contribution < -0.4 is 5.32 Å². The lowest BCUT2D eigenvalue weighted by atomic mass is 10.0. The Morgan fingerprint density at radius 2 is 1.69 bits per heavy atom. The largest absolute Gasteiger partial charge is 0.481 e. The topological polar surface area (TPSA) is 66.4 Å². The molecule has 0 fully saturated rings. The van der Waals surface area contributed by atoms with Gasteiger partial charge in [-0.2, -0.15) is 0 Å². The predicted molar refractivity (Wildman–Crippen MR) is 66.7 cm³/mol. The van der Waals surface area contributed by atoms with E-state index in [0.717, 1.165) is 0 Å². The van der Waals surface area contributed by atoms with Gasteiger partial charge in [0.1, 0.15) is 0 Å². The zero-order chi connectivity index (χ0) is 13.0. The highest BCUT2D eigenvalue weighted by molar-refractivity contribution is 8.01. The normalized spacial score (nSPS) is 12.3. The van der Waals surface area contributed by atoms with E-state index < -0.39 is 11.5 Å². The van der Waals surface area contributed by atoms with E-state index in [1.165, 1.54) is 0 Å². The number of carboxylic acids is 1. The van der Waals surface area contributed by atoms with Crippen LogP contribution in [0.5, 0.6) is 0 Å². The first kappa shape index (κ1) is 15.3. The number of rotatable bonds is 5. The van der Waals surface area contributed by atoms with Crippen molar-refractivity contribution in [2.24, 2.45) is 0 Å². The smallest absolute Gasteiger partial charge is 0.305 e. The summed E-state index contributed by atoms with van der Waals surface area (Å²) in [6.07, 6.45) is -0.0705. The average Bonchev–Trinajstić information content (AvgIpc) is 1.95. The molecule has 0 unspecified atom stereocenters. The zero-order valence-corrected chi connectivity index (χ0v) is 11.4. The van der Waals surface area contributed by atoms with Crippen LogP contribution in [0.15, 0.2) is 0 Å². The van der Waals surface area contributed by atoms with E-state index in [9.17, 15) is 9.59 Å². The number of amides is 1. The van der Waals surface area contributed by atoms with Gasteiger partial charge in [-0.05, 0) is 13.8 Å². The van der Waals surface area contributed by atoms with Gasteiger partial charge in [-0.1, -0.05) is 20.8 Å². The molecule has 5 heteroatoms. The maximum Gasteiger partial charge on any atom is 0.305 e. The van der Waals surface area contributed by atoms with Crippen molar-refractivity contribution in [1.82, 2.24) is 5.32 Å². The summed E-state index contributed by atoms with van der Waals surface area (Å²) in [6.45, 7) is 9.52. The van der Waals surface area contributed by atoms with Crippen molar-refractivity contribution in [2.75, 3.05) is 5.75 Å². The number of aliphatic carboxylic acids is 1. The second-order valence-corrected chi connectivity index (χ2v) is 7.21. The highest BCUT2D eigenvalue weighted by Gasteiger charge is 2.24. The van der Waals surface area contributed by atoms with Gasteiger partial charge >= 0.3 is 5.97 Å². The third-order valence-corrected chi connectivity index (χ3v) is 2.98. The van der Waals surface area contributed by atoms with E-state index in [1.54, 1.807) is 25.6 Å². The van der Waals surface area contributed by atoms with Crippen molar-refractivity contribution < 1.29 is 14.7 Å². The molecule has 0 aliphatic rings. The molecule has 0 saturated carbocycles. The third-order valence-electron chi connectivity index (χ3n) is 1.71. The lowest BCUT2D eigenvalue weighted by Crippen LogP contribution is -2.46. The van der Waals surface area contributed by atoms with Crippen molar-refractivity contribution in [3.63, 3.8) is 0 Å². The van der Waals surface area contributed by atoms with Gasteiger partial charge in [-0.15, -0.1) is 11.8 Å². The van der Waals surface area contributed by atoms with Gasteiger partial charge in [0.15, 0.2) is 0 Å². The highest BCUT2D eigenvalue weighted by Crippen LogP contribution is 2.22. The summed E-state index contributed by atoms with van der Waals surface area (Å²) in [5.41, 5.74) is -0.693. The number of carboxylic acid groups (broad SMARTS) is 1. The van der Waals surface area contributed by atoms with Gasteiger partial charge < -0.3 is 10.4 Å². The zero-order valence-electron chi connectivity index (χ0n) is 10.6. The first-order valence-electron chi connectivity index (χ1n) is 5.19. The lowest BCUT2D eigenvalue weighted by Gasteiger charge is -2.25. The molecule has 0 spiro atoms. The number of carbonyl (C=O) groups excluding carboxylic acids is 1. The van der Waals surface area contributed by atoms with Crippen LogP contribution in [0.3, 0.4) is 0 Å². The molecule has 94 valence electrons. The third kappa shape index (κ3) is 8.59. The number of thioether (sulfide) groups is 1. The van der Waals surface area contributed by atoms with Crippen LogP contribution >= 0.6 is 11.8 Å². The molecule has 4 nitrogen and oxygen atoms in total. The van der Waals surface area contributed by atoms with Crippen molar-refractivity contribution in [3.8, 4) is 0 Å². The minimum absolute atomic E-state index is 0.0360. The van der Waals surface area contributed by atoms with Crippen LogP contribution in [0.1, 0.15) is 41.0 Å². The fraction of sp³-hybridized carbons (Fsp3) is 0.818. The molecule has 0 radical (unpaired) electrons. The summed E-state index contributed by atoms with van der Waals surface area (Å²) in [7, 11) is 0. The van der Waals surface area contributed by atoms with Gasteiger partial charge in [-0.25, -0.2) is 0 Å². The van der Waals surface area contributed by atoms with E-state index in [0.29, 0.717) is 5.75 Å². The summed E-state index contributed by atoms with van der Waals surface area (Å²) >= 11 is 1.54. The van der Waals surface area contributed by atoms with Gasteiger partial charge in [0.05, 0.1) is 12.2 Å². The Kier molecular flexibility index (Phi) is 5.32. The maximum absolute atomic E-state index is 11.6. The first-order valence-corrected chi connectivity index (χ1v) is 6.17. The molecule has 0 aromatic heterocycles. The van der Waals surface area contributed by atoms with E-state index in [2.05, 4.69) is 5.32 Å². The summed E-state index contributed by atoms with van der Waals surface area (Å²) < 4.78 is 0.0360. The predicted octanol–water partition coefficient (Wildman–Crippen LogP) is 1.89. The van der Waals surface area contributed by atoms with E-state index in [-0.39, 0.29) is 17.1 Å². The Morgan fingerprint density at radius 1 is 1.19 bits per heavy atom. The second-order valence-electron chi connectivity index (χ2n) is 5.40. The minimum atomic E-state index is -0.909. The molecule has 0 saturated heterocycles. The molecular formula is C11H21NO3S. The monoisotopic (exact) mass is 247 g/mol. The van der Waals surface area contributed by atoms with E-state index >= 15 is 0 Å². The van der Waals surface area contributed by atoms with Crippen LogP contribution in [0.2, 0.25) is 0 Å². The van der Waals surface area contributed by atoms with Gasteiger partial charge in [-0.3, -0.25) is 9.59 Å². The number of nitrogens with one attached hydrogen (secondary N) is 1. The van der Waals surface area contributed by atoms with Gasteiger partial charge in [0.25, 0.3) is 0 Å². The minimum Gasteiger partial charge on any atom is -0.481 e. The van der Waals surface area contributed by atoms with Crippen molar-refractivity contribution in [3.05, 3.63) is 0 Å². The maximum atomic E-state index is 11.6. The number of hydrogen-bond acceptors (Lipinski definition) is 3. The Bertz CT molecular complexity index is 269. The van der Waals surface area contributed by atoms with Crippen molar-refractivity contribution >= 4 is 23.6 Å². The second kappa shape index (κ2) is 5.57. The standard InChI is InChI=1S/C11H21NO3S/c1-10(2,3)16-7-8(13)12-11(4,5)6-9(14)15/h6-7H2,1-5H3,(H,12,13)(H,14,15). The molecule has 0 aromatic rings. The van der Waals surface area contributed by atoms with Crippen molar-refractivity contribution in [1.29, 1.82) is 0 Å². The van der Waals surface area contributed by atoms with Gasteiger partial charge in [0.2, 0.25) is 5.91 Å². The average molecular weight is 247 g/mol. The molecule has 0 atom stereocenters. The summed E-state index contributed by atoms with van der Waals surface area (Å²) in [5.74, 6) is -0.674. The quantitative estimate of drug-likeness (QED) is 0.778. The molecule has 1 amide bonds. The van der Waals surface area contributed by atoms with Crippen LogP contribution in [0.4, 0.5) is 0 Å². The Hall–Kier alpha value is -0.710. The molecule has 16 heavy (non-hydrogen) atoms. The molecule has 0 aliphatic heterocycles. The van der Waals surface area contributed by atoms with Gasteiger partial charge in [0, 0.05) is 10.3 Å². The molecular weight excluding hydrogens is 226 g/mol. The molecule has 0 aliphatic carbocycles. The lowest BCUT2D eigenvalue weighted by molar-refractivity contribution is -0.138. The van der Waals surface area contributed by atoms with Crippen molar-refractivity contribution in [2.45, 2.75) is 51.3 Å². The SMILES string of the molecule is CC(C)(CC(=O)O)NC(=O)CSC(C)(C)C. The van der Waals surface area contributed by atoms with Crippen LogP contribution in [0, 0.1) is 0 Å². The van der Waals surface area contributed by atoms with Crippen LogP contribution in [-0.4, -0.2) is 33.0 Å². The first-order chi connectivity index (χ1) is 7.02. The number of carbonyl (C=O) groups is 2. The molecule has 0 bridgehead atoms. The Balaban J connectivity index is 4.09. The molecule has 2 N–H and O–H groups in total. The van der Waals surface area contributed by atoms with Crippen LogP contribution in [0.25, 0.3) is 0 Å². The fourth-order valence-electron chi connectivity index (χ4n) is 1.12. The summed E-state index contributed by atoms with van der Waals surface area (Å²) in [6, 6.07) is 0. The van der Waals surface area contributed by atoms with E-state index in [4.69, 9.17) is 5.11 Å². The summed E-state index contributed by atoms with van der Waals surface area (Å²) in [5, 5.41) is 11.4. The highest BCUT2D eigenvalue weighted by atomic mass is 32.2. The number of hydrogen-bond donors (Lipinski definition) is 2. The fourth-order valence-corrected chi connectivity index (χ4v) is 1.75. The van der Waals surface area contributed by atoms with E-state index in [1.807, 2.05) is 20.8 Å². The molecule has 0 rings (SSSR count). The molecule has 0 heterocycles. The summed E-state index contributed by atoms with van der Waals surface area (Å²) in [4.78, 5) is 22.1.